The highest BCUT2D eigenvalue weighted by molar-refractivity contribution is 6.30. The average Bonchev–Trinajstić information content (AvgIpc) is 3.41. The normalized spacial score (nSPS) is 16.4. The van der Waals surface area contributed by atoms with E-state index in [-0.39, 0.29) is 28.1 Å². The molecule has 0 radical (unpaired) electrons. The molecule has 13 heteroatoms. The minimum Gasteiger partial charge on any atom is -0.481 e. The Morgan fingerprint density at radius 1 is 1.13 bits per heavy atom. The fourth-order valence-corrected chi connectivity index (χ4v) is 5.36. The van der Waals surface area contributed by atoms with E-state index < -0.39 is 23.9 Å². The molecule has 0 saturated carbocycles. The van der Waals surface area contributed by atoms with Crippen molar-refractivity contribution in [3.63, 3.8) is 0 Å². The van der Waals surface area contributed by atoms with E-state index in [1.165, 1.54) is 37.2 Å². The number of benzene rings is 2. The summed E-state index contributed by atoms with van der Waals surface area (Å²) in [5.74, 6) is -1.28. The molecule has 0 fully saturated rings. The molecule has 3 heterocycles. The van der Waals surface area contributed by atoms with Gasteiger partial charge in [-0.05, 0) is 61.7 Å². The van der Waals surface area contributed by atoms with E-state index in [0.717, 1.165) is 5.56 Å². The summed E-state index contributed by atoms with van der Waals surface area (Å²) in [5.41, 5.74) is 3.49. The lowest BCUT2D eigenvalue weighted by molar-refractivity contribution is -0.119. The molecule has 3 N–H and O–H groups in total. The van der Waals surface area contributed by atoms with Crippen LogP contribution in [0.1, 0.15) is 53.8 Å². The maximum absolute atomic E-state index is 14.8. The molecular formula is C32H32ClFN6O5. The number of hydrogen-bond donors (Lipinski definition) is 3. The van der Waals surface area contributed by atoms with Gasteiger partial charge in [0.25, 0.3) is 5.91 Å². The molecule has 5 rings (SSSR count). The predicted molar refractivity (Wildman–Crippen MR) is 167 cm³/mol. The first-order valence-corrected chi connectivity index (χ1v) is 14.6. The number of ether oxygens (including phenoxy) is 2. The van der Waals surface area contributed by atoms with E-state index >= 15 is 0 Å². The van der Waals surface area contributed by atoms with Crippen molar-refractivity contribution < 1.29 is 28.2 Å². The molecule has 0 saturated heterocycles. The number of nitrogens with one attached hydrogen (secondary N) is 3. The molecular weight excluding hydrogens is 603 g/mol. The third-order valence-corrected chi connectivity index (χ3v) is 8.01. The summed E-state index contributed by atoms with van der Waals surface area (Å²) < 4.78 is 26.3. The summed E-state index contributed by atoms with van der Waals surface area (Å²) in [7, 11) is 2.75. The van der Waals surface area contributed by atoms with Gasteiger partial charge in [0, 0.05) is 23.2 Å². The highest BCUT2D eigenvalue weighted by atomic mass is 35.5. The fourth-order valence-electron chi connectivity index (χ4n) is 5.19. The molecule has 4 aromatic rings. The molecule has 2 aromatic carbocycles. The number of carbonyl (C=O) groups is 3. The largest absolute Gasteiger partial charge is 0.481 e. The Morgan fingerprint density at radius 3 is 2.69 bits per heavy atom. The SMILES string of the molecule is COC(=O)Nc1ccc2c(c1)NC(=O)[C@@H](C)CCC[C@H](NC(=O)c1cnn(-c3cccc(Cl)c3F)c1C)c1cc(OC)nc-2c1. The Kier molecular flexibility index (Phi) is 9.33. The molecule has 0 aliphatic carbocycles. The summed E-state index contributed by atoms with van der Waals surface area (Å²) in [6, 6.07) is 12.7. The summed E-state index contributed by atoms with van der Waals surface area (Å²) in [6.07, 6.45) is 2.42. The summed E-state index contributed by atoms with van der Waals surface area (Å²) in [4.78, 5) is 43.3. The molecule has 234 valence electrons. The minimum absolute atomic E-state index is 0.0514. The number of carbonyl (C=O) groups excluding carboxylic acids is 3. The van der Waals surface area contributed by atoms with Crippen molar-refractivity contribution in [2.45, 2.75) is 39.2 Å². The van der Waals surface area contributed by atoms with Gasteiger partial charge < -0.3 is 20.1 Å². The number of methoxy groups -OCH3 is 2. The topological polar surface area (TPSA) is 136 Å². The standard InChI is InChI=1S/C32H32ClFN6O5/c1-17-7-5-9-24(38-31(42)22-16-35-40(18(22)2)27-10-6-8-23(33)29(27)34)19-13-25(37-28(14-19)44-3)21-12-11-20(36-32(43)45-4)15-26(21)39-30(17)41/h6,8,10-17,24H,5,7,9H2,1-4H3,(H,36,43)(H,38,42)(H,39,41)/t17-,24-/m0/s1. The number of fused-ring (bicyclic) bond motifs is 4. The lowest BCUT2D eigenvalue weighted by Crippen LogP contribution is -2.29. The molecule has 45 heavy (non-hydrogen) atoms. The third kappa shape index (κ3) is 6.75. The molecule has 0 unspecified atom stereocenters. The maximum atomic E-state index is 14.8. The zero-order chi connectivity index (χ0) is 32.2. The van der Waals surface area contributed by atoms with Crippen LogP contribution in [0.25, 0.3) is 16.9 Å². The van der Waals surface area contributed by atoms with E-state index in [2.05, 4.69) is 26.0 Å². The second kappa shape index (κ2) is 13.3. The Labute approximate surface area is 264 Å². The Morgan fingerprint density at radius 2 is 1.93 bits per heavy atom. The van der Waals surface area contributed by atoms with E-state index in [1.54, 1.807) is 37.3 Å². The molecule has 2 atom stereocenters. The van der Waals surface area contributed by atoms with Gasteiger partial charge in [-0.15, -0.1) is 0 Å². The Balaban J connectivity index is 1.53. The zero-order valence-corrected chi connectivity index (χ0v) is 25.9. The number of anilines is 2. The van der Waals surface area contributed by atoms with Crippen molar-refractivity contribution >= 4 is 40.9 Å². The fraction of sp³-hybridized carbons (Fsp3) is 0.281. The summed E-state index contributed by atoms with van der Waals surface area (Å²) in [6.45, 7) is 3.51. The second-order valence-electron chi connectivity index (χ2n) is 10.7. The van der Waals surface area contributed by atoms with Crippen LogP contribution in [-0.4, -0.2) is 46.9 Å². The first-order valence-electron chi connectivity index (χ1n) is 14.3. The number of hydrogen-bond acceptors (Lipinski definition) is 7. The summed E-state index contributed by atoms with van der Waals surface area (Å²) in [5, 5.41) is 12.9. The number of pyridine rings is 1. The predicted octanol–water partition coefficient (Wildman–Crippen LogP) is 6.45. The molecule has 0 spiro atoms. The van der Waals surface area contributed by atoms with Crippen molar-refractivity contribution in [2.75, 3.05) is 24.9 Å². The van der Waals surface area contributed by atoms with Crippen molar-refractivity contribution in [3.8, 4) is 22.8 Å². The smallest absolute Gasteiger partial charge is 0.411 e. The van der Waals surface area contributed by atoms with Gasteiger partial charge in [-0.2, -0.15) is 5.10 Å². The lowest BCUT2D eigenvalue weighted by atomic mass is 9.94. The third-order valence-electron chi connectivity index (χ3n) is 7.72. The molecule has 1 aliphatic rings. The van der Waals surface area contributed by atoms with Crippen LogP contribution in [0.4, 0.5) is 20.6 Å². The monoisotopic (exact) mass is 634 g/mol. The van der Waals surface area contributed by atoms with Gasteiger partial charge in [0.1, 0.15) is 5.69 Å². The van der Waals surface area contributed by atoms with Crippen molar-refractivity contribution in [1.29, 1.82) is 0 Å². The quantitative estimate of drug-likeness (QED) is 0.229. The molecule has 3 amide bonds. The number of rotatable bonds is 5. The number of halogens is 2. The number of amides is 3. The van der Waals surface area contributed by atoms with Crippen LogP contribution in [-0.2, 0) is 9.53 Å². The van der Waals surface area contributed by atoms with Crippen molar-refractivity contribution in [3.05, 3.63) is 82.4 Å². The molecule has 2 bridgehead atoms. The van der Waals surface area contributed by atoms with Gasteiger partial charge in [0.15, 0.2) is 5.82 Å². The lowest BCUT2D eigenvalue weighted by Gasteiger charge is -2.23. The Bertz CT molecular complexity index is 1780. The van der Waals surface area contributed by atoms with Gasteiger partial charge in [-0.25, -0.2) is 18.9 Å². The van der Waals surface area contributed by atoms with E-state index in [1.807, 2.05) is 13.0 Å². The van der Waals surface area contributed by atoms with Crippen molar-refractivity contribution in [2.24, 2.45) is 5.92 Å². The molecule has 11 nitrogen and oxygen atoms in total. The first kappa shape index (κ1) is 31.5. The average molecular weight is 635 g/mol. The van der Waals surface area contributed by atoms with Crippen LogP contribution in [0.5, 0.6) is 5.88 Å². The van der Waals surface area contributed by atoms with E-state index in [9.17, 15) is 18.8 Å². The first-order chi connectivity index (χ1) is 21.6. The number of nitrogens with zero attached hydrogens (tertiary/aromatic N) is 3. The molecule has 1 aliphatic heterocycles. The van der Waals surface area contributed by atoms with Crippen LogP contribution < -0.4 is 20.7 Å². The zero-order valence-electron chi connectivity index (χ0n) is 25.1. The minimum atomic E-state index is -0.651. The van der Waals surface area contributed by atoms with Crippen LogP contribution in [0.2, 0.25) is 5.02 Å². The second-order valence-corrected chi connectivity index (χ2v) is 11.1. The van der Waals surface area contributed by atoms with Gasteiger partial charge in [0.2, 0.25) is 11.8 Å². The van der Waals surface area contributed by atoms with Crippen LogP contribution >= 0.6 is 11.6 Å². The van der Waals surface area contributed by atoms with Gasteiger partial charge in [0.05, 0.1) is 54.1 Å². The summed E-state index contributed by atoms with van der Waals surface area (Å²) >= 11 is 5.97. The van der Waals surface area contributed by atoms with Gasteiger partial charge in [-0.3, -0.25) is 14.9 Å². The highest BCUT2D eigenvalue weighted by Gasteiger charge is 2.25. The number of aromatic nitrogens is 3. The highest BCUT2D eigenvalue weighted by Crippen LogP contribution is 2.35. The Hall–Kier alpha value is -4.97. The van der Waals surface area contributed by atoms with E-state index in [0.29, 0.717) is 53.5 Å². The van der Waals surface area contributed by atoms with Crippen LogP contribution in [0.3, 0.4) is 0 Å². The van der Waals surface area contributed by atoms with Gasteiger partial charge in [-0.1, -0.05) is 31.0 Å². The maximum Gasteiger partial charge on any atom is 0.411 e. The molecule has 2 aromatic heterocycles. The van der Waals surface area contributed by atoms with Gasteiger partial charge >= 0.3 is 6.09 Å². The van der Waals surface area contributed by atoms with E-state index in [4.69, 9.17) is 21.1 Å². The van der Waals surface area contributed by atoms with Crippen LogP contribution in [0, 0.1) is 18.7 Å². The van der Waals surface area contributed by atoms with Crippen molar-refractivity contribution in [1.82, 2.24) is 20.1 Å². The van der Waals surface area contributed by atoms with Crippen LogP contribution in [0.15, 0.2) is 54.7 Å².